The summed E-state index contributed by atoms with van der Waals surface area (Å²) in [4.78, 5) is 27.4. The fraction of sp³-hybridized carbons (Fsp3) is 0.833. The van der Waals surface area contributed by atoms with Crippen LogP contribution in [0.1, 0.15) is 20.8 Å². The molecule has 6 heteroatoms. The molecule has 1 N–H and O–H groups in total. The van der Waals surface area contributed by atoms with Gasteiger partial charge in [0, 0.05) is 37.8 Å². The van der Waals surface area contributed by atoms with Gasteiger partial charge in [0.05, 0.1) is 0 Å². The summed E-state index contributed by atoms with van der Waals surface area (Å²) in [6.07, 6.45) is 0. The molecule has 18 heavy (non-hydrogen) atoms. The van der Waals surface area contributed by atoms with Crippen molar-refractivity contribution < 1.29 is 9.59 Å². The van der Waals surface area contributed by atoms with Gasteiger partial charge in [-0.25, -0.2) is 0 Å². The molecule has 0 radical (unpaired) electrons. The van der Waals surface area contributed by atoms with Crippen molar-refractivity contribution in [2.45, 2.75) is 32.4 Å². The normalized spacial score (nSPS) is 21.5. The molecule has 2 amide bonds. The summed E-state index contributed by atoms with van der Waals surface area (Å²) in [5, 5.41) is 2.65. The number of amides is 2. The number of likely N-dealkylation sites (N-methyl/N-ethyl adjacent to an activating group) is 1. The zero-order valence-electron chi connectivity index (χ0n) is 11.6. The fourth-order valence-electron chi connectivity index (χ4n) is 2.08. The smallest absolute Gasteiger partial charge is 0.246 e. The summed E-state index contributed by atoms with van der Waals surface area (Å²) in [6, 6.07) is -0.523. The van der Waals surface area contributed by atoms with Crippen molar-refractivity contribution >= 4 is 24.4 Å². The minimum Gasteiger partial charge on any atom is -0.344 e. The lowest BCUT2D eigenvalue weighted by Crippen LogP contribution is -2.61. The van der Waals surface area contributed by atoms with E-state index in [4.69, 9.17) is 0 Å². The van der Waals surface area contributed by atoms with Gasteiger partial charge in [0.25, 0.3) is 0 Å². The molecule has 0 aromatic heterocycles. The average Bonchev–Trinajstić information content (AvgIpc) is 2.28. The number of piperazine rings is 1. The lowest BCUT2D eigenvalue weighted by molar-refractivity contribution is -0.139. The van der Waals surface area contributed by atoms with E-state index in [1.807, 2.05) is 4.90 Å². The Balaban J connectivity index is 2.69. The van der Waals surface area contributed by atoms with Crippen LogP contribution >= 0.6 is 12.6 Å². The Labute approximate surface area is 114 Å². The van der Waals surface area contributed by atoms with Crippen LogP contribution in [0.25, 0.3) is 0 Å². The van der Waals surface area contributed by atoms with Crippen molar-refractivity contribution in [3.05, 3.63) is 0 Å². The SMILES string of the molecule is CC(=O)NC(CS)C(=O)N1CCN(C)C(C)(C)C1. The number of nitrogens with one attached hydrogen (secondary N) is 1. The van der Waals surface area contributed by atoms with E-state index in [-0.39, 0.29) is 17.4 Å². The molecule has 5 nitrogen and oxygen atoms in total. The molecule has 0 aromatic rings. The summed E-state index contributed by atoms with van der Waals surface area (Å²) in [6.45, 7) is 7.85. The van der Waals surface area contributed by atoms with Gasteiger partial charge in [-0.05, 0) is 20.9 Å². The highest BCUT2D eigenvalue weighted by molar-refractivity contribution is 7.80. The average molecular weight is 273 g/mol. The summed E-state index contributed by atoms with van der Waals surface area (Å²) < 4.78 is 0. The van der Waals surface area contributed by atoms with Crippen LogP contribution in [0.4, 0.5) is 0 Å². The largest absolute Gasteiger partial charge is 0.344 e. The maximum Gasteiger partial charge on any atom is 0.246 e. The third-order valence-corrected chi connectivity index (χ3v) is 3.85. The van der Waals surface area contributed by atoms with Crippen LogP contribution in [-0.2, 0) is 9.59 Å². The quantitative estimate of drug-likeness (QED) is 0.710. The van der Waals surface area contributed by atoms with Gasteiger partial charge in [-0.15, -0.1) is 0 Å². The van der Waals surface area contributed by atoms with Crippen molar-refractivity contribution in [3.63, 3.8) is 0 Å². The molecule has 0 aliphatic carbocycles. The third kappa shape index (κ3) is 3.62. The minimum absolute atomic E-state index is 0.0364. The molecular weight excluding hydrogens is 250 g/mol. The van der Waals surface area contributed by atoms with Crippen molar-refractivity contribution in [3.8, 4) is 0 Å². The molecular formula is C12H23N3O2S. The molecule has 1 aliphatic heterocycles. The zero-order valence-corrected chi connectivity index (χ0v) is 12.5. The molecule has 1 rings (SSSR count). The highest BCUT2D eigenvalue weighted by Crippen LogP contribution is 2.19. The number of carbonyl (C=O) groups is 2. The molecule has 0 spiro atoms. The molecule has 0 bridgehead atoms. The van der Waals surface area contributed by atoms with E-state index < -0.39 is 6.04 Å². The first-order chi connectivity index (χ1) is 8.27. The van der Waals surface area contributed by atoms with Crippen LogP contribution in [0.5, 0.6) is 0 Å². The van der Waals surface area contributed by atoms with Crippen LogP contribution in [0.15, 0.2) is 0 Å². The number of nitrogens with zero attached hydrogens (tertiary/aromatic N) is 2. The Kier molecular flexibility index (Phi) is 5.04. The van der Waals surface area contributed by atoms with E-state index in [1.54, 1.807) is 0 Å². The predicted molar refractivity (Wildman–Crippen MR) is 74.7 cm³/mol. The van der Waals surface area contributed by atoms with Crippen LogP contribution in [-0.4, -0.2) is 65.6 Å². The summed E-state index contributed by atoms with van der Waals surface area (Å²) in [7, 11) is 2.06. The van der Waals surface area contributed by atoms with E-state index in [1.165, 1.54) is 6.92 Å². The Hall–Kier alpha value is -0.750. The van der Waals surface area contributed by atoms with Gasteiger partial charge in [-0.1, -0.05) is 0 Å². The highest BCUT2D eigenvalue weighted by Gasteiger charge is 2.35. The van der Waals surface area contributed by atoms with Gasteiger partial charge in [0.2, 0.25) is 11.8 Å². The van der Waals surface area contributed by atoms with Gasteiger partial charge >= 0.3 is 0 Å². The number of hydrogen-bond acceptors (Lipinski definition) is 4. The standard InChI is InChI=1S/C12H23N3O2S/c1-9(16)13-10(7-18)11(17)15-6-5-14(4)12(2,3)8-15/h10,18H,5-8H2,1-4H3,(H,13,16). The maximum atomic E-state index is 12.3. The zero-order chi connectivity index (χ0) is 13.9. The molecule has 1 heterocycles. The van der Waals surface area contributed by atoms with Gasteiger partial charge in [-0.3, -0.25) is 14.5 Å². The van der Waals surface area contributed by atoms with Crippen molar-refractivity contribution in [1.29, 1.82) is 0 Å². The molecule has 0 saturated carbocycles. The first-order valence-electron chi connectivity index (χ1n) is 6.16. The number of rotatable bonds is 3. The predicted octanol–water partition coefficient (Wildman–Crippen LogP) is -0.0265. The Bertz CT molecular complexity index is 333. The minimum atomic E-state index is -0.523. The lowest BCUT2D eigenvalue weighted by atomic mass is 9.99. The van der Waals surface area contributed by atoms with Crippen LogP contribution < -0.4 is 5.32 Å². The van der Waals surface area contributed by atoms with E-state index in [0.717, 1.165) is 6.54 Å². The summed E-state index contributed by atoms with van der Waals surface area (Å²) >= 11 is 4.14. The summed E-state index contributed by atoms with van der Waals surface area (Å²) in [5.41, 5.74) is -0.0364. The second-order valence-corrected chi connectivity index (χ2v) is 5.79. The second-order valence-electron chi connectivity index (χ2n) is 5.43. The first-order valence-corrected chi connectivity index (χ1v) is 6.79. The molecule has 1 unspecified atom stereocenters. The van der Waals surface area contributed by atoms with Crippen LogP contribution in [0.2, 0.25) is 0 Å². The monoisotopic (exact) mass is 273 g/mol. The number of thiol groups is 1. The molecule has 1 aliphatic rings. The Morgan fingerprint density at radius 3 is 2.44 bits per heavy atom. The molecule has 0 aromatic carbocycles. The van der Waals surface area contributed by atoms with E-state index >= 15 is 0 Å². The Morgan fingerprint density at radius 2 is 2.00 bits per heavy atom. The van der Waals surface area contributed by atoms with Crippen LogP contribution in [0.3, 0.4) is 0 Å². The van der Waals surface area contributed by atoms with E-state index in [0.29, 0.717) is 18.8 Å². The van der Waals surface area contributed by atoms with Gasteiger partial charge in [0.1, 0.15) is 6.04 Å². The van der Waals surface area contributed by atoms with Gasteiger partial charge in [0.15, 0.2) is 0 Å². The van der Waals surface area contributed by atoms with E-state index in [9.17, 15) is 9.59 Å². The van der Waals surface area contributed by atoms with Gasteiger partial charge in [-0.2, -0.15) is 12.6 Å². The van der Waals surface area contributed by atoms with Crippen molar-refractivity contribution in [1.82, 2.24) is 15.1 Å². The number of carbonyl (C=O) groups excluding carboxylic acids is 2. The maximum absolute atomic E-state index is 12.3. The third-order valence-electron chi connectivity index (χ3n) is 3.49. The van der Waals surface area contributed by atoms with E-state index in [2.05, 4.69) is 43.7 Å². The fourth-order valence-corrected chi connectivity index (χ4v) is 2.33. The van der Waals surface area contributed by atoms with Crippen LogP contribution in [0, 0.1) is 0 Å². The Morgan fingerprint density at radius 1 is 1.39 bits per heavy atom. The second kappa shape index (κ2) is 5.93. The number of hydrogen-bond donors (Lipinski definition) is 2. The van der Waals surface area contributed by atoms with Crippen molar-refractivity contribution in [2.75, 3.05) is 32.4 Å². The highest BCUT2D eigenvalue weighted by atomic mass is 32.1. The first kappa shape index (κ1) is 15.3. The summed E-state index contributed by atoms with van der Waals surface area (Å²) in [5.74, 6) is 0.0858. The van der Waals surface area contributed by atoms with Gasteiger partial charge < -0.3 is 10.2 Å². The topological polar surface area (TPSA) is 52.7 Å². The molecule has 104 valence electrons. The molecule has 1 atom stereocenters. The molecule has 1 fully saturated rings. The molecule has 1 saturated heterocycles. The lowest BCUT2D eigenvalue weighted by Gasteiger charge is -2.46. The van der Waals surface area contributed by atoms with Crippen molar-refractivity contribution in [2.24, 2.45) is 0 Å².